The van der Waals surface area contributed by atoms with Crippen molar-refractivity contribution in [2.75, 3.05) is 38.7 Å². The predicted octanol–water partition coefficient (Wildman–Crippen LogP) is 1.54. The summed E-state index contributed by atoms with van der Waals surface area (Å²) < 4.78 is 5.23. The van der Waals surface area contributed by atoms with Crippen molar-refractivity contribution in [1.29, 1.82) is 0 Å². The molecule has 1 aromatic rings. The molecule has 23 heavy (non-hydrogen) atoms. The van der Waals surface area contributed by atoms with Gasteiger partial charge in [-0.15, -0.1) is 24.0 Å². The van der Waals surface area contributed by atoms with Gasteiger partial charge in [-0.1, -0.05) is 6.07 Å². The van der Waals surface area contributed by atoms with Crippen LogP contribution in [0.2, 0.25) is 0 Å². The number of pyridine rings is 1. The Kier molecular flexibility index (Phi) is 12.3. The number of anilines is 1. The molecule has 0 aliphatic rings. The fourth-order valence-electron chi connectivity index (χ4n) is 1.65. The second kappa shape index (κ2) is 13.1. The van der Waals surface area contributed by atoms with Crippen LogP contribution >= 0.6 is 24.0 Å². The zero-order valence-electron chi connectivity index (χ0n) is 13.9. The number of hydrogen-bond acceptors (Lipinski definition) is 4. The van der Waals surface area contributed by atoms with Crippen molar-refractivity contribution in [3.8, 4) is 0 Å². The smallest absolute Gasteiger partial charge is 0.227 e. The van der Waals surface area contributed by atoms with E-state index in [1.165, 1.54) is 0 Å². The van der Waals surface area contributed by atoms with Crippen LogP contribution in [0.25, 0.3) is 0 Å². The van der Waals surface area contributed by atoms with Crippen LogP contribution in [0.5, 0.6) is 0 Å². The van der Waals surface area contributed by atoms with Crippen LogP contribution in [0.15, 0.2) is 23.3 Å². The molecule has 0 spiro atoms. The molecule has 7 nitrogen and oxygen atoms in total. The number of hydrogen-bond donors (Lipinski definition) is 3. The number of aromatic nitrogens is 1. The summed E-state index contributed by atoms with van der Waals surface area (Å²) in [6.07, 6.45) is 2.06. The number of guanidine groups is 1. The summed E-state index contributed by atoms with van der Waals surface area (Å²) in [5.41, 5.74) is 1.06. The summed E-state index contributed by atoms with van der Waals surface area (Å²) in [6, 6.07) is 3.69. The lowest BCUT2D eigenvalue weighted by Crippen LogP contribution is -2.40. The highest BCUT2D eigenvalue weighted by Crippen LogP contribution is 2.03. The van der Waals surface area contributed by atoms with Gasteiger partial charge in [0, 0.05) is 39.4 Å². The monoisotopic (exact) mass is 435 g/mol. The number of nitrogens with one attached hydrogen (secondary N) is 3. The Bertz CT molecular complexity index is 479. The van der Waals surface area contributed by atoms with Crippen LogP contribution in [-0.4, -0.2) is 50.2 Å². The topological polar surface area (TPSA) is 87.6 Å². The molecule has 0 bridgehead atoms. The third-order valence-electron chi connectivity index (χ3n) is 2.79. The average molecular weight is 435 g/mol. The zero-order chi connectivity index (χ0) is 16.2. The van der Waals surface area contributed by atoms with Crippen molar-refractivity contribution in [3.63, 3.8) is 0 Å². The second-order valence-corrected chi connectivity index (χ2v) is 4.64. The van der Waals surface area contributed by atoms with Gasteiger partial charge in [0.1, 0.15) is 5.82 Å². The van der Waals surface area contributed by atoms with Crippen LogP contribution in [0.1, 0.15) is 18.9 Å². The highest BCUT2D eigenvalue weighted by Gasteiger charge is 2.04. The Hall–Kier alpha value is -1.42. The first-order valence-electron chi connectivity index (χ1n) is 7.40. The van der Waals surface area contributed by atoms with Gasteiger partial charge in [-0.25, -0.2) is 4.98 Å². The molecule has 3 N–H and O–H groups in total. The SMILES string of the molecule is CCOCCNC(=NC)NCCC(=O)Nc1ccc(C)cn1.I. The van der Waals surface area contributed by atoms with Crippen LogP contribution < -0.4 is 16.0 Å². The molecule has 1 amide bonds. The fourth-order valence-corrected chi connectivity index (χ4v) is 1.65. The van der Waals surface area contributed by atoms with Crippen LogP contribution in [0, 0.1) is 6.92 Å². The van der Waals surface area contributed by atoms with Gasteiger partial charge in [-0.2, -0.15) is 0 Å². The molecule has 0 aromatic carbocycles. The maximum Gasteiger partial charge on any atom is 0.227 e. The minimum absolute atomic E-state index is 0. The minimum atomic E-state index is -0.0892. The van der Waals surface area contributed by atoms with E-state index in [9.17, 15) is 4.79 Å². The quantitative estimate of drug-likeness (QED) is 0.250. The van der Waals surface area contributed by atoms with Gasteiger partial charge < -0.3 is 20.7 Å². The molecule has 1 aromatic heterocycles. The van der Waals surface area contributed by atoms with E-state index in [4.69, 9.17) is 4.74 Å². The first-order valence-corrected chi connectivity index (χ1v) is 7.40. The van der Waals surface area contributed by atoms with Crippen molar-refractivity contribution in [2.24, 2.45) is 4.99 Å². The largest absolute Gasteiger partial charge is 0.380 e. The van der Waals surface area contributed by atoms with Gasteiger partial charge in [-0.05, 0) is 25.5 Å². The molecule has 0 aliphatic heterocycles. The minimum Gasteiger partial charge on any atom is -0.380 e. The van der Waals surface area contributed by atoms with Gasteiger partial charge in [0.15, 0.2) is 5.96 Å². The van der Waals surface area contributed by atoms with E-state index in [1.54, 1.807) is 19.3 Å². The van der Waals surface area contributed by atoms with E-state index < -0.39 is 0 Å². The number of aryl methyl sites for hydroxylation is 1. The average Bonchev–Trinajstić information content (AvgIpc) is 2.52. The molecule has 0 fully saturated rings. The van der Waals surface area contributed by atoms with Crippen LogP contribution in [-0.2, 0) is 9.53 Å². The van der Waals surface area contributed by atoms with Crippen molar-refractivity contribution < 1.29 is 9.53 Å². The molecule has 1 heterocycles. The molecule has 1 rings (SSSR count). The Labute approximate surface area is 154 Å². The van der Waals surface area contributed by atoms with Crippen molar-refractivity contribution in [2.45, 2.75) is 20.3 Å². The van der Waals surface area contributed by atoms with Crippen molar-refractivity contribution >= 4 is 41.7 Å². The van der Waals surface area contributed by atoms with Gasteiger partial charge in [0.25, 0.3) is 0 Å². The molecule has 0 unspecified atom stereocenters. The van der Waals surface area contributed by atoms with Gasteiger partial charge in [0.2, 0.25) is 5.91 Å². The number of carbonyl (C=O) groups is 1. The maximum atomic E-state index is 11.8. The number of amides is 1. The number of halogens is 1. The van der Waals surface area contributed by atoms with Crippen molar-refractivity contribution in [1.82, 2.24) is 15.6 Å². The van der Waals surface area contributed by atoms with E-state index in [0.717, 1.165) is 5.56 Å². The molecular weight excluding hydrogens is 409 g/mol. The third-order valence-corrected chi connectivity index (χ3v) is 2.79. The summed E-state index contributed by atoms with van der Waals surface area (Å²) in [5, 5.41) is 8.93. The number of nitrogens with zero attached hydrogens (tertiary/aromatic N) is 2. The van der Waals surface area contributed by atoms with Gasteiger partial charge in [-0.3, -0.25) is 9.79 Å². The Balaban J connectivity index is 0.00000484. The Morgan fingerprint density at radius 1 is 1.30 bits per heavy atom. The number of rotatable bonds is 8. The van der Waals surface area contributed by atoms with E-state index in [0.29, 0.717) is 44.5 Å². The zero-order valence-corrected chi connectivity index (χ0v) is 16.2. The first kappa shape index (κ1) is 21.6. The van der Waals surface area contributed by atoms with E-state index >= 15 is 0 Å². The number of aliphatic imine (C=N–C) groups is 1. The molecule has 130 valence electrons. The normalized spacial score (nSPS) is 10.7. The third kappa shape index (κ3) is 10.1. The maximum absolute atomic E-state index is 11.8. The lowest BCUT2D eigenvalue weighted by atomic mass is 10.3. The summed E-state index contributed by atoms with van der Waals surface area (Å²) in [7, 11) is 1.69. The lowest BCUT2D eigenvalue weighted by molar-refractivity contribution is -0.116. The summed E-state index contributed by atoms with van der Waals surface area (Å²) in [4.78, 5) is 20.0. The standard InChI is InChI=1S/C15H25N5O2.HI/c1-4-22-10-9-18-15(16-3)17-8-7-14(21)20-13-6-5-12(2)11-19-13;/h5-6,11H,4,7-10H2,1-3H3,(H2,16,17,18)(H,19,20,21);1H. The molecule has 0 saturated heterocycles. The highest BCUT2D eigenvalue weighted by atomic mass is 127. The summed E-state index contributed by atoms with van der Waals surface area (Å²) >= 11 is 0. The summed E-state index contributed by atoms with van der Waals surface area (Å²) in [5.74, 6) is 1.13. The van der Waals surface area contributed by atoms with E-state index in [2.05, 4.69) is 25.9 Å². The predicted molar refractivity (Wildman–Crippen MR) is 103 cm³/mol. The Morgan fingerprint density at radius 3 is 2.65 bits per heavy atom. The summed E-state index contributed by atoms with van der Waals surface area (Å²) in [6.45, 7) is 6.39. The Morgan fingerprint density at radius 2 is 2.04 bits per heavy atom. The molecular formula is C15H26IN5O2. The highest BCUT2D eigenvalue weighted by molar-refractivity contribution is 14.0. The van der Waals surface area contributed by atoms with E-state index in [-0.39, 0.29) is 29.9 Å². The second-order valence-electron chi connectivity index (χ2n) is 4.64. The van der Waals surface area contributed by atoms with Crippen LogP contribution in [0.4, 0.5) is 5.82 Å². The van der Waals surface area contributed by atoms with Gasteiger partial charge >= 0.3 is 0 Å². The lowest BCUT2D eigenvalue weighted by Gasteiger charge is -2.11. The van der Waals surface area contributed by atoms with Gasteiger partial charge in [0.05, 0.1) is 6.61 Å². The van der Waals surface area contributed by atoms with Crippen molar-refractivity contribution in [3.05, 3.63) is 23.9 Å². The molecule has 8 heteroatoms. The fraction of sp³-hybridized carbons (Fsp3) is 0.533. The first-order chi connectivity index (χ1) is 10.7. The number of ether oxygens (including phenoxy) is 1. The van der Waals surface area contributed by atoms with Crippen LogP contribution in [0.3, 0.4) is 0 Å². The molecule has 0 aliphatic carbocycles. The molecule has 0 saturated carbocycles. The number of carbonyl (C=O) groups excluding carboxylic acids is 1. The molecule has 0 radical (unpaired) electrons. The molecule has 0 atom stereocenters. The van der Waals surface area contributed by atoms with E-state index in [1.807, 2.05) is 19.9 Å².